The molecular formula is C15H11BrN2O2S. The number of nitrogen functional groups attached to an aromatic ring is 1. The van der Waals surface area contributed by atoms with E-state index in [1.54, 1.807) is 0 Å². The molecule has 0 saturated heterocycles. The minimum Gasteiger partial charge on any atom is -0.477 e. The van der Waals surface area contributed by atoms with Gasteiger partial charge in [-0.05, 0) is 30.7 Å². The Morgan fingerprint density at radius 1 is 1.33 bits per heavy atom. The molecule has 0 aliphatic rings. The van der Waals surface area contributed by atoms with Gasteiger partial charge in [-0.1, -0.05) is 28.1 Å². The van der Waals surface area contributed by atoms with Gasteiger partial charge in [0.05, 0.1) is 11.4 Å². The summed E-state index contributed by atoms with van der Waals surface area (Å²) in [7, 11) is 0. The van der Waals surface area contributed by atoms with Gasteiger partial charge in [-0.25, -0.2) is 9.78 Å². The van der Waals surface area contributed by atoms with Crippen LogP contribution in [0.3, 0.4) is 0 Å². The number of carboxylic acid groups (broad SMARTS) is 1. The van der Waals surface area contributed by atoms with Crippen LogP contribution in [0.1, 0.15) is 15.2 Å². The standard InChI is InChI=1S/C15H11BrN2O2S/c1-7-6-10(8-2-4-9(16)5-3-8)18-14-11(7)12(17)13(21-14)15(19)20/h2-6H,17H2,1H3,(H,19,20). The lowest BCUT2D eigenvalue weighted by molar-refractivity contribution is 0.0703. The van der Waals surface area contributed by atoms with Crippen LogP contribution in [0.4, 0.5) is 5.69 Å². The largest absolute Gasteiger partial charge is 0.477 e. The van der Waals surface area contributed by atoms with Crippen molar-refractivity contribution in [2.24, 2.45) is 0 Å². The summed E-state index contributed by atoms with van der Waals surface area (Å²) < 4.78 is 0.998. The number of benzene rings is 1. The molecule has 1 aromatic carbocycles. The first-order valence-electron chi connectivity index (χ1n) is 6.16. The molecule has 6 heteroatoms. The second-order valence-electron chi connectivity index (χ2n) is 4.66. The molecule has 0 aliphatic heterocycles. The van der Waals surface area contributed by atoms with Crippen molar-refractivity contribution < 1.29 is 9.90 Å². The lowest BCUT2D eigenvalue weighted by atomic mass is 10.1. The van der Waals surface area contributed by atoms with Gasteiger partial charge in [0.15, 0.2) is 0 Å². The van der Waals surface area contributed by atoms with Crippen LogP contribution in [0.2, 0.25) is 0 Å². The van der Waals surface area contributed by atoms with E-state index in [9.17, 15) is 9.90 Å². The van der Waals surface area contributed by atoms with Gasteiger partial charge in [-0.15, -0.1) is 11.3 Å². The van der Waals surface area contributed by atoms with E-state index in [4.69, 9.17) is 5.73 Å². The Bertz CT molecular complexity index is 856. The van der Waals surface area contributed by atoms with E-state index in [0.717, 1.165) is 38.0 Å². The highest BCUT2D eigenvalue weighted by Gasteiger charge is 2.18. The predicted molar refractivity (Wildman–Crippen MR) is 88.9 cm³/mol. The molecule has 106 valence electrons. The molecule has 3 aromatic rings. The number of hydrogen-bond acceptors (Lipinski definition) is 4. The van der Waals surface area contributed by atoms with Crippen molar-refractivity contribution in [1.82, 2.24) is 4.98 Å². The van der Waals surface area contributed by atoms with Gasteiger partial charge in [0.2, 0.25) is 0 Å². The number of aryl methyl sites for hydroxylation is 1. The van der Waals surface area contributed by atoms with Gasteiger partial charge in [0.1, 0.15) is 9.71 Å². The highest BCUT2D eigenvalue weighted by Crippen LogP contribution is 2.36. The van der Waals surface area contributed by atoms with Crippen LogP contribution in [0.5, 0.6) is 0 Å². The minimum absolute atomic E-state index is 0.147. The zero-order chi connectivity index (χ0) is 15.1. The number of anilines is 1. The van der Waals surface area contributed by atoms with Crippen molar-refractivity contribution in [3.05, 3.63) is 45.2 Å². The van der Waals surface area contributed by atoms with Crippen LogP contribution in [-0.4, -0.2) is 16.1 Å². The number of halogens is 1. The van der Waals surface area contributed by atoms with Crippen LogP contribution >= 0.6 is 27.3 Å². The Morgan fingerprint density at radius 2 is 2.00 bits per heavy atom. The summed E-state index contributed by atoms with van der Waals surface area (Å²) in [5.41, 5.74) is 8.95. The van der Waals surface area contributed by atoms with Crippen molar-refractivity contribution in [3.63, 3.8) is 0 Å². The number of thiophene rings is 1. The average Bonchev–Trinajstić information content (AvgIpc) is 2.77. The van der Waals surface area contributed by atoms with Crippen LogP contribution in [-0.2, 0) is 0 Å². The molecule has 0 radical (unpaired) electrons. The molecule has 0 saturated carbocycles. The molecule has 3 rings (SSSR count). The monoisotopic (exact) mass is 362 g/mol. The summed E-state index contributed by atoms with van der Waals surface area (Å²) in [6.07, 6.45) is 0. The molecule has 0 aliphatic carbocycles. The number of fused-ring (bicyclic) bond motifs is 1. The van der Waals surface area contributed by atoms with Crippen molar-refractivity contribution in [1.29, 1.82) is 0 Å². The first-order chi connectivity index (χ1) is 9.97. The van der Waals surface area contributed by atoms with Crippen LogP contribution in [0, 0.1) is 6.92 Å². The minimum atomic E-state index is -1.01. The molecule has 2 aromatic heterocycles. The maximum atomic E-state index is 11.2. The topological polar surface area (TPSA) is 76.2 Å². The van der Waals surface area contributed by atoms with E-state index in [-0.39, 0.29) is 4.88 Å². The van der Waals surface area contributed by atoms with Crippen LogP contribution < -0.4 is 5.73 Å². The maximum absolute atomic E-state index is 11.2. The highest BCUT2D eigenvalue weighted by molar-refractivity contribution is 9.10. The number of aromatic nitrogens is 1. The second-order valence-corrected chi connectivity index (χ2v) is 6.58. The van der Waals surface area contributed by atoms with E-state index >= 15 is 0 Å². The first kappa shape index (κ1) is 14.0. The number of nitrogens with two attached hydrogens (primary N) is 1. The normalized spacial score (nSPS) is 11.0. The van der Waals surface area contributed by atoms with Gasteiger partial charge in [-0.2, -0.15) is 0 Å². The van der Waals surface area contributed by atoms with E-state index < -0.39 is 5.97 Å². The quantitative estimate of drug-likeness (QED) is 0.711. The summed E-state index contributed by atoms with van der Waals surface area (Å²) in [5.74, 6) is -1.01. The van der Waals surface area contributed by atoms with Gasteiger partial charge in [0, 0.05) is 15.4 Å². The van der Waals surface area contributed by atoms with Gasteiger partial charge < -0.3 is 10.8 Å². The molecule has 0 atom stereocenters. The molecule has 0 fully saturated rings. The third-order valence-electron chi connectivity index (χ3n) is 3.23. The predicted octanol–water partition coefficient (Wildman–Crippen LogP) is 4.31. The third-order valence-corrected chi connectivity index (χ3v) is 4.85. The molecule has 2 heterocycles. The fraction of sp³-hybridized carbons (Fsp3) is 0.0667. The number of rotatable bonds is 2. The van der Waals surface area contributed by atoms with E-state index in [0.29, 0.717) is 10.5 Å². The molecule has 4 nitrogen and oxygen atoms in total. The smallest absolute Gasteiger partial charge is 0.348 e. The van der Waals surface area contributed by atoms with E-state index in [1.165, 1.54) is 0 Å². The number of hydrogen-bond donors (Lipinski definition) is 2. The number of pyridine rings is 1. The van der Waals surface area contributed by atoms with Gasteiger partial charge in [-0.3, -0.25) is 0 Å². The Hall–Kier alpha value is -1.92. The number of aromatic carboxylic acids is 1. The van der Waals surface area contributed by atoms with E-state index in [1.807, 2.05) is 37.3 Å². The second kappa shape index (κ2) is 5.13. The number of carboxylic acids is 1. The van der Waals surface area contributed by atoms with Crippen molar-refractivity contribution in [2.75, 3.05) is 5.73 Å². The molecule has 0 bridgehead atoms. The van der Waals surface area contributed by atoms with Gasteiger partial charge >= 0.3 is 5.97 Å². The third kappa shape index (κ3) is 2.41. The Morgan fingerprint density at radius 3 is 2.62 bits per heavy atom. The molecule has 0 unspecified atom stereocenters. The highest BCUT2D eigenvalue weighted by atomic mass is 79.9. The van der Waals surface area contributed by atoms with Crippen molar-refractivity contribution >= 4 is 49.1 Å². The Balaban J connectivity index is 2.23. The molecule has 0 spiro atoms. The lowest BCUT2D eigenvalue weighted by Gasteiger charge is -2.04. The molecule has 3 N–H and O–H groups in total. The summed E-state index contributed by atoms with van der Waals surface area (Å²) in [6.45, 7) is 1.92. The summed E-state index contributed by atoms with van der Waals surface area (Å²) in [6, 6.07) is 9.75. The molecule has 21 heavy (non-hydrogen) atoms. The first-order valence-corrected chi connectivity index (χ1v) is 7.77. The van der Waals surface area contributed by atoms with Gasteiger partial charge in [0.25, 0.3) is 0 Å². The Kier molecular flexibility index (Phi) is 3.43. The fourth-order valence-corrected chi connectivity index (χ4v) is 3.51. The lowest BCUT2D eigenvalue weighted by Crippen LogP contribution is -1.97. The van der Waals surface area contributed by atoms with Crippen LogP contribution in [0.25, 0.3) is 21.5 Å². The zero-order valence-corrected chi connectivity index (χ0v) is 13.5. The SMILES string of the molecule is Cc1cc(-c2ccc(Br)cc2)nc2sc(C(=O)O)c(N)c12. The Labute approximate surface area is 133 Å². The summed E-state index contributed by atoms with van der Waals surface area (Å²) in [5, 5.41) is 9.91. The van der Waals surface area contributed by atoms with Crippen LogP contribution in [0.15, 0.2) is 34.8 Å². The van der Waals surface area contributed by atoms with Crippen molar-refractivity contribution in [2.45, 2.75) is 6.92 Å². The van der Waals surface area contributed by atoms with Crippen molar-refractivity contribution in [3.8, 4) is 11.3 Å². The zero-order valence-electron chi connectivity index (χ0n) is 11.1. The summed E-state index contributed by atoms with van der Waals surface area (Å²) in [4.78, 5) is 16.6. The molecular weight excluding hydrogens is 352 g/mol. The number of nitrogens with zero attached hydrogens (tertiary/aromatic N) is 1. The average molecular weight is 363 g/mol. The maximum Gasteiger partial charge on any atom is 0.348 e. The van der Waals surface area contributed by atoms with E-state index in [2.05, 4.69) is 20.9 Å². The number of carbonyl (C=O) groups is 1. The summed E-state index contributed by atoms with van der Waals surface area (Å²) >= 11 is 4.51. The molecule has 0 amide bonds. The fourth-order valence-electron chi connectivity index (χ4n) is 2.24.